The Bertz CT molecular complexity index is 349. The molecule has 0 radical (unpaired) electrons. The van der Waals surface area contributed by atoms with E-state index in [-0.39, 0.29) is 5.69 Å². The molecule has 1 aromatic rings. The first-order valence-corrected chi connectivity index (χ1v) is 5.67. The maximum Gasteiger partial charge on any atom is 0.146 e. The van der Waals surface area contributed by atoms with Gasteiger partial charge in [0.05, 0.1) is 5.69 Å². The van der Waals surface area contributed by atoms with E-state index in [9.17, 15) is 8.78 Å². The average molecular weight is 226 g/mol. The van der Waals surface area contributed by atoms with Crippen LogP contribution in [-0.2, 0) is 0 Å². The lowest BCUT2D eigenvalue weighted by Gasteiger charge is -2.15. The summed E-state index contributed by atoms with van der Waals surface area (Å²) in [5, 5.41) is 2.92. The minimum absolute atomic E-state index is 0.249. The van der Waals surface area contributed by atoms with Crippen molar-refractivity contribution in [3.8, 4) is 0 Å². The minimum atomic E-state index is -0.412. The zero-order chi connectivity index (χ0) is 11.4. The topological polar surface area (TPSA) is 15.3 Å². The minimum Gasteiger partial charge on any atom is -0.381 e. The number of hydrogen-bond acceptors (Lipinski definition) is 2. The predicted molar refractivity (Wildman–Crippen MR) is 60.5 cm³/mol. The van der Waals surface area contributed by atoms with Crippen molar-refractivity contribution in [1.82, 2.24) is 4.90 Å². The first-order chi connectivity index (χ1) is 7.75. The van der Waals surface area contributed by atoms with Crippen molar-refractivity contribution in [2.75, 3.05) is 31.5 Å². The molecule has 0 bridgehead atoms. The van der Waals surface area contributed by atoms with Crippen LogP contribution in [-0.4, -0.2) is 31.1 Å². The summed E-state index contributed by atoms with van der Waals surface area (Å²) in [6.45, 7) is 3.77. The molecule has 88 valence electrons. The maximum atomic E-state index is 13.2. The van der Waals surface area contributed by atoms with Crippen LogP contribution in [0.1, 0.15) is 12.8 Å². The Balaban J connectivity index is 1.82. The van der Waals surface area contributed by atoms with Crippen molar-refractivity contribution in [2.45, 2.75) is 12.8 Å². The van der Waals surface area contributed by atoms with Crippen molar-refractivity contribution in [3.05, 3.63) is 29.8 Å². The third kappa shape index (κ3) is 2.92. The highest BCUT2D eigenvalue weighted by Gasteiger charge is 2.10. The van der Waals surface area contributed by atoms with Gasteiger partial charge in [-0.3, -0.25) is 0 Å². The Kier molecular flexibility index (Phi) is 3.72. The van der Waals surface area contributed by atoms with E-state index in [4.69, 9.17) is 0 Å². The largest absolute Gasteiger partial charge is 0.381 e. The molecule has 4 heteroatoms. The summed E-state index contributed by atoms with van der Waals surface area (Å²) in [5.41, 5.74) is 0.249. The van der Waals surface area contributed by atoms with E-state index in [0.717, 1.165) is 31.8 Å². The SMILES string of the molecule is Fc1ccc(F)c(NCCN2CCCC2)c1. The van der Waals surface area contributed by atoms with Crippen molar-refractivity contribution in [2.24, 2.45) is 0 Å². The first-order valence-electron chi connectivity index (χ1n) is 5.67. The van der Waals surface area contributed by atoms with E-state index >= 15 is 0 Å². The van der Waals surface area contributed by atoms with Gasteiger partial charge in [-0.15, -0.1) is 0 Å². The second-order valence-electron chi connectivity index (χ2n) is 4.10. The fraction of sp³-hybridized carbons (Fsp3) is 0.500. The molecule has 16 heavy (non-hydrogen) atoms. The van der Waals surface area contributed by atoms with Gasteiger partial charge in [0, 0.05) is 13.1 Å². The highest BCUT2D eigenvalue weighted by atomic mass is 19.1. The van der Waals surface area contributed by atoms with Gasteiger partial charge < -0.3 is 10.2 Å². The third-order valence-corrected chi connectivity index (χ3v) is 2.87. The van der Waals surface area contributed by atoms with Gasteiger partial charge in [-0.25, -0.2) is 8.78 Å². The molecule has 0 unspecified atom stereocenters. The zero-order valence-electron chi connectivity index (χ0n) is 9.18. The van der Waals surface area contributed by atoms with Crippen molar-refractivity contribution in [1.29, 1.82) is 0 Å². The maximum absolute atomic E-state index is 13.2. The molecule has 1 aliphatic heterocycles. The lowest BCUT2D eigenvalue weighted by atomic mass is 10.3. The quantitative estimate of drug-likeness (QED) is 0.848. The standard InChI is InChI=1S/C12H16F2N2/c13-10-3-4-11(14)12(9-10)15-5-8-16-6-1-2-7-16/h3-4,9,15H,1-2,5-8H2. The summed E-state index contributed by atoms with van der Waals surface area (Å²) in [7, 11) is 0. The van der Waals surface area contributed by atoms with Gasteiger partial charge in [0.25, 0.3) is 0 Å². The number of rotatable bonds is 4. The van der Waals surface area contributed by atoms with Gasteiger partial charge in [-0.1, -0.05) is 0 Å². The molecule has 1 N–H and O–H groups in total. The van der Waals surface area contributed by atoms with Crippen LogP contribution in [0, 0.1) is 11.6 Å². The monoisotopic (exact) mass is 226 g/mol. The number of nitrogens with one attached hydrogen (secondary N) is 1. The number of anilines is 1. The molecule has 0 amide bonds. The van der Waals surface area contributed by atoms with Crippen LogP contribution in [0.2, 0.25) is 0 Å². The number of benzene rings is 1. The summed E-state index contributed by atoms with van der Waals surface area (Å²) >= 11 is 0. The van der Waals surface area contributed by atoms with Gasteiger partial charge in [0.15, 0.2) is 0 Å². The fourth-order valence-corrected chi connectivity index (χ4v) is 1.99. The average Bonchev–Trinajstić information content (AvgIpc) is 2.76. The predicted octanol–water partition coefficient (Wildman–Crippen LogP) is 2.47. The lowest BCUT2D eigenvalue weighted by Crippen LogP contribution is -2.26. The number of halogens is 2. The second-order valence-corrected chi connectivity index (χ2v) is 4.10. The molecule has 1 aromatic carbocycles. The van der Waals surface area contributed by atoms with Crippen molar-refractivity contribution >= 4 is 5.69 Å². The molecule has 1 fully saturated rings. The normalized spacial score (nSPS) is 16.6. The molecular formula is C12H16F2N2. The van der Waals surface area contributed by atoms with Gasteiger partial charge in [0.1, 0.15) is 11.6 Å². The summed E-state index contributed by atoms with van der Waals surface area (Å²) in [4.78, 5) is 2.32. The van der Waals surface area contributed by atoms with E-state index in [1.54, 1.807) is 0 Å². The van der Waals surface area contributed by atoms with E-state index < -0.39 is 11.6 Å². The number of hydrogen-bond donors (Lipinski definition) is 1. The second kappa shape index (κ2) is 5.25. The van der Waals surface area contributed by atoms with Crippen LogP contribution in [0.4, 0.5) is 14.5 Å². The fourth-order valence-electron chi connectivity index (χ4n) is 1.99. The molecule has 0 spiro atoms. The molecular weight excluding hydrogens is 210 g/mol. The van der Waals surface area contributed by atoms with E-state index in [2.05, 4.69) is 10.2 Å². The lowest BCUT2D eigenvalue weighted by molar-refractivity contribution is 0.352. The Morgan fingerprint density at radius 3 is 2.69 bits per heavy atom. The highest BCUT2D eigenvalue weighted by Crippen LogP contribution is 2.15. The molecule has 1 aliphatic rings. The van der Waals surface area contributed by atoms with Crippen LogP contribution in [0.25, 0.3) is 0 Å². The van der Waals surface area contributed by atoms with Crippen LogP contribution in [0.15, 0.2) is 18.2 Å². The Morgan fingerprint density at radius 1 is 1.19 bits per heavy atom. The molecule has 2 rings (SSSR count). The van der Waals surface area contributed by atoms with Gasteiger partial charge in [-0.2, -0.15) is 0 Å². The number of nitrogens with zero attached hydrogens (tertiary/aromatic N) is 1. The zero-order valence-corrected chi connectivity index (χ0v) is 9.18. The van der Waals surface area contributed by atoms with Gasteiger partial charge in [-0.05, 0) is 44.1 Å². The van der Waals surface area contributed by atoms with Crippen LogP contribution in [0.3, 0.4) is 0 Å². The molecule has 2 nitrogen and oxygen atoms in total. The molecule has 1 heterocycles. The van der Waals surface area contributed by atoms with E-state index in [1.165, 1.54) is 18.9 Å². The Labute approximate surface area is 94.3 Å². The summed E-state index contributed by atoms with van der Waals surface area (Å²) in [5.74, 6) is -0.812. The first kappa shape index (κ1) is 11.3. The molecule has 1 saturated heterocycles. The molecule has 0 aromatic heterocycles. The van der Waals surface area contributed by atoms with Crippen LogP contribution in [0.5, 0.6) is 0 Å². The van der Waals surface area contributed by atoms with Gasteiger partial charge >= 0.3 is 0 Å². The molecule has 0 aliphatic carbocycles. The van der Waals surface area contributed by atoms with Crippen molar-refractivity contribution in [3.63, 3.8) is 0 Å². The number of likely N-dealkylation sites (tertiary alicyclic amines) is 1. The molecule has 0 saturated carbocycles. The Hall–Kier alpha value is -1.16. The van der Waals surface area contributed by atoms with E-state index in [0.29, 0.717) is 6.54 Å². The van der Waals surface area contributed by atoms with Crippen molar-refractivity contribution < 1.29 is 8.78 Å². The summed E-state index contributed by atoms with van der Waals surface area (Å²) < 4.78 is 26.1. The third-order valence-electron chi connectivity index (χ3n) is 2.87. The van der Waals surface area contributed by atoms with E-state index in [1.807, 2.05) is 0 Å². The Morgan fingerprint density at radius 2 is 1.94 bits per heavy atom. The summed E-state index contributed by atoms with van der Waals surface area (Å²) in [6, 6.07) is 3.47. The highest BCUT2D eigenvalue weighted by molar-refractivity contribution is 5.44. The molecule has 0 atom stereocenters. The summed E-state index contributed by atoms with van der Waals surface area (Å²) in [6.07, 6.45) is 2.49. The van der Waals surface area contributed by atoms with Crippen LogP contribution >= 0.6 is 0 Å². The van der Waals surface area contributed by atoms with Crippen LogP contribution < -0.4 is 5.32 Å². The van der Waals surface area contributed by atoms with Gasteiger partial charge in [0.2, 0.25) is 0 Å². The smallest absolute Gasteiger partial charge is 0.146 e.